The average Bonchev–Trinajstić information content (AvgIpc) is 0.811. The van der Waals surface area contributed by atoms with E-state index in [9.17, 15) is 0 Å². The average molecular weight is 144 g/mol. The van der Waals surface area contributed by atoms with Crippen molar-refractivity contribution < 1.29 is 35.0 Å². The molecule has 0 aliphatic heterocycles. The van der Waals surface area contributed by atoms with Crippen LogP contribution in [0.15, 0.2) is 0 Å². The van der Waals surface area contributed by atoms with Crippen LogP contribution < -0.4 is 0 Å². The Balaban J connectivity index is -0.00000000750. The molecule has 6 heavy (non-hydrogen) atoms. The predicted molar refractivity (Wildman–Crippen MR) is 20.4 cm³/mol. The Morgan fingerprint density at radius 3 is 1.17 bits per heavy atom. The van der Waals surface area contributed by atoms with Crippen molar-refractivity contribution in [3.8, 4) is 0 Å². The Bertz CT molecular complexity index is 22.0. The molecule has 3 N–H and O–H groups in total. The van der Waals surface area contributed by atoms with E-state index in [-0.39, 0.29) is 43.0 Å². The van der Waals surface area contributed by atoms with E-state index in [4.69, 9.17) is 15.1 Å². The van der Waals surface area contributed by atoms with E-state index in [1.807, 2.05) is 0 Å². The van der Waals surface area contributed by atoms with Gasteiger partial charge in [0.15, 0.2) is 0 Å². The molecule has 0 aliphatic rings. The van der Waals surface area contributed by atoms with Gasteiger partial charge in [-0.3, -0.25) is 0 Å². The molecule has 0 amide bonds. The first-order valence-corrected chi connectivity index (χ1v) is 0.775. The molecule has 0 saturated heterocycles. The zero-order valence-electron chi connectivity index (χ0n) is 4.98. The maximum absolute atomic E-state index is 7.17. The minimum atomic E-state index is -2.17. The van der Waals surface area contributed by atoms with Crippen molar-refractivity contribution in [2.45, 2.75) is 0 Å². The Morgan fingerprint density at radius 1 is 1.17 bits per heavy atom. The molecule has 0 aromatic heterocycles. The maximum atomic E-state index is 7.17. The van der Waals surface area contributed by atoms with E-state index in [1.54, 1.807) is 0 Å². The van der Waals surface area contributed by atoms with Crippen LogP contribution in [0.5, 0.6) is 0 Å². The summed E-state index contributed by atoms with van der Waals surface area (Å²) in [4.78, 5) is 0. The Labute approximate surface area is 65.5 Å². The van der Waals surface area contributed by atoms with Crippen molar-refractivity contribution in [2.75, 3.05) is 0 Å². The first kappa shape index (κ1) is 15.7. The quantitative estimate of drug-likeness (QED) is 0.338. The standard InChI is InChI=1S/BH3O3.Fe.Mg.2H/c2-1(3)4;;;;/h2-4H;;;;/q;;+2;2*-1. The Kier molecular flexibility index (Phi) is 24.9. The van der Waals surface area contributed by atoms with Gasteiger partial charge in [0.05, 0.1) is 0 Å². The smallest absolute Gasteiger partial charge is 1.00 e. The molecule has 36 valence electrons. The van der Waals surface area contributed by atoms with Crippen molar-refractivity contribution in [1.82, 2.24) is 0 Å². The summed E-state index contributed by atoms with van der Waals surface area (Å²) in [5.41, 5.74) is 0. The van der Waals surface area contributed by atoms with Crippen LogP contribution in [0.2, 0.25) is 0 Å². The Hall–Kier alpha value is 1.23. The molecule has 0 rings (SSSR count). The van der Waals surface area contributed by atoms with Gasteiger partial charge in [0.25, 0.3) is 0 Å². The van der Waals surface area contributed by atoms with Crippen LogP contribution in [-0.4, -0.2) is 45.4 Å². The third-order valence-corrected chi connectivity index (χ3v) is 0. The van der Waals surface area contributed by atoms with Gasteiger partial charge in [-0.2, -0.15) is 0 Å². The van der Waals surface area contributed by atoms with Crippen molar-refractivity contribution in [3.63, 3.8) is 0 Å². The van der Waals surface area contributed by atoms with Gasteiger partial charge >= 0.3 is 30.4 Å². The molecule has 0 radical (unpaired) electrons. The summed E-state index contributed by atoms with van der Waals surface area (Å²) in [7, 11) is -2.17. The SMILES string of the molecule is OB(O)O.[Fe].[H-].[H-].[Mg+2]. The van der Waals surface area contributed by atoms with Crippen molar-refractivity contribution in [2.24, 2.45) is 0 Å². The largest absolute Gasteiger partial charge is 2.00 e. The van der Waals surface area contributed by atoms with Gasteiger partial charge < -0.3 is 17.9 Å². The molecule has 0 saturated carbocycles. The third-order valence-electron chi connectivity index (χ3n) is 0. The van der Waals surface area contributed by atoms with Gasteiger partial charge in [0.1, 0.15) is 0 Å². The molecule has 0 atom stereocenters. The summed E-state index contributed by atoms with van der Waals surface area (Å²) in [6.07, 6.45) is 0. The van der Waals surface area contributed by atoms with Crippen molar-refractivity contribution in [1.29, 1.82) is 0 Å². The molecular formula is H5BFeMgO3. The van der Waals surface area contributed by atoms with E-state index >= 15 is 0 Å². The van der Waals surface area contributed by atoms with Gasteiger partial charge in [-0.1, -0.05) is 0 Å². The fourth-order valence-corrected chi connectivity index (χ4v) is 0. The molecule has 0 aliphatic carbocycles. The second-order valence-electron chi connectivity index (χ2n) is 0.346. The van der Waals surface area contributed by atoms with Crippen LogP contribution in [0.25, 0.3) is 0 Å². The summed E-state index contributed by atoms with van der Waals surface area (Å²) < 4.78 is 0. The molecule has 0 spiro atoms. The first-order chi connectivity index (χ1) is 1.73. The van der Waals surface area contributed by atoms with Crippen LogP contribution in [0.1, 0.15) is 2.85 Å². The maximum Gasteiger partial charge on any atom is 2.00 e. The van der Waals surface area contributed by atoms with E-state index in [1.165, 1.54) is 0 Å². The minimum Gasteiger partial charge on any atom is -1.00 e. The topological polar surface area (TPSA) is 60.7 Å². The van der Waals surface area contributed by atoms with Gasteiger partial charge in [-0.05, 0) is 0 Å². The summed E-state index contributed by atoms with van der Waals surface area (Å²) in [5, 5.41) is 21.5. The van der Waals surface area contributed by atoms with E-state index < -0.39 is 7.32 Å². The molecule has 0 aromatic carbocycles. The second kappa shape index (κ2) is 9.52. The van der Waals surface area contributed by atoms with Crippen molar-refractivity contribution >= 4 is 30.4 Å². The monoisotopic (exact) mass is 144 g/mol. The van der Waals surface area contributed by atoms with Crippen LogP contribution in [-0.2, 0) is 17.1 Å². The van der Waals surface area contributed by atoms with Gasteiger partial charge in [-0.25, -0.2) is 0 Å². The molecule has 0 bridgehead atoms. The van der Waals surface area contributed by atoms with Crippen LogP contribution in [0.3, 0.4) is 0 Å². The Morgan fingerprint density at radius 2 is 1.17 bits per heavy atom. The van der Waals surface area contributed by atoms with Crippen LogP contribution >= 0.6 is 0 Å². The van der Waals surface area contributed by atoms with Gasteiger partial charge in [-0.15, -0.1) is 0 Å². The molecule has 0 heterocycles. The van der Waals surface area contributed by atoms with Crippen LogP contribution in [0.4, 0.5) is 0 Å². The first-order valence-electron chi connectivity index (χ1n) is 0.775. The normalized spacial score (nSPS) is 4.50. The third kappa shape index (κ3) is 61.8. The molecule has 0 fully saturated rings. The fourth-order valence-electron chi connectivity index (χ4n) is 0. The molecule has 0 unspecified atom stereocenters. The number of hydrogen-bond donors (Lipinski definition) is 3. The summed E-state index contributed by atoms with van der Waals surface area (Å²) in [6.45, 7) is 0. The molecule has 3 nitrogen and oxygen atoms in total. The molecule has 0 aromatic rings. The van der Waals surface area contributed by atoms with Crippen molar-refractivity contribution in [3.05, 3.63) is 0 Å². The fraction of sp³-hybridized carbons (Fsp3) is 0. The second-order valence-corrected chi connectivity index (χ2v) is 0.346. The van der Waals surface area contributed by atoms with E-state index in [0.29, 0.717) is 0 Å². The molecule has 6 heteroatoms. The zero-order chi connectivity index (χ0) is 3.58. The van der Waals surface area contributed by atoms with Gasteiger partial charge in [0, 0.05) is 17.1 Å². The summed E-state index contributed by atoms with van der Waals surface area (Å²) in [5.74, 6) is 0. The minimum absolute atomic E-state index is 0. The zero-order valence-corrected chi connectivity index (χ0v) is 5.50. The van der Waals surface area contributed by atoms with Gasteiger partial charge in [0.2, 0.25) is 0 Å². The van der Waals surface area contributed by atoms with E-state index in [0.717, 1.165) is 0 Å². The number of rotatable bonds is 0. The van der Waals surface area contributed by atoms with E-state index in [2.05, 4.69) is 0 Å². The molecular weight excluding hydrogens is 139 g/mol. The summed E-state index contributed by atoms with van der Waals surface area (Å²) in [6, 6.07) is 0. The predicted octanol–water partition coefficient (Wildman–Crippen LogP) is -2.21. The van der Waals surface area contributed by atoms with Crippen LogP contribution in [0, 0.1) is 0 Å². The summed E-state index contributed by atoms with van der Waals surface area (Å²) >= 11 is 0. The number of hydrogen-bond acceptors (Lipinski definition) is 3.